The van der Waals surface area contributed by atoms with Gasteiger partial charge in [-0.25, -0.2) is 5.21 Å². The maximum Gasteiger partial charge on any atom is 0.325 e. The molecule has 5 N–H and O–H groups in total. The third kappa shape index (κ3) is 5.65. The molecule has 1 aliphatic heterocycles. The van der Waals surface area contributed by atoms with Gasteiger partial charge in [0.25, 0.3) is 0 Å². The summed E-state index contributed by atoms with van der Waals surface area (Å²) in [6.07, 6.45) is 11.7. The molecule has 3 rings (SSSR count). The Morgan fingerprint density at radius 1 is 1.38 bits per heavy atom. The normalized spacial score (nSPS) is 23.7. The van der Waals surface area contributed by atoms with Crippen LogP contribution in [0.2, 0.25) is 0 Å². The van der Waals surface area contributed by atoms with Gasteiger partial charge in [0.15, 0.2) is 6.04 Å². The van der Waals surface area contributed by atoms with Crippen molar-refractivity contribution in [3.63, 3.8) is 0 Å². The lowest BCUT2D eigenvalue weighted by atomic mass is 10.0. The highest BCUT2D eigenvalue weighted by Gasteiger charge is 2.32. The van der Waals surface area contributed by atoms with E-state index in [9.17, 15) is 15.2 Å². The molecule has 1 saturated heterocycles. The Balaban J connectivity index is 1.79. The molecule has 180 valence electrons. The van der Waals surface area contributed by atoms with Crippen molar-refractivity contribution < 1.29 is 29.3 Å². The van der Waals surface area contributed by atoms with Gasteiger partial charge in [-0.3, -0.25) is 10.0 Å². The first-order valence-corrected chi connectivity index (χ1v) is 11.4. The van der Waals surface area contributed by atoms with E-state index in [1.54, 1.807) is 30.5 Å². The number of quaternary nitrogens is 1. The molecule has 2 heterocycles. The number of hydrogen-bond acceptors (Lipinski definition) is 6. The molecule has 1 aliphatic carbocycles. The van der Waals surface area contributed by atoms with Crippen LogP contribution in [0.25, 0.3) is 0 Å². The van der Waals surface area contributed by atoms with Gasteiger partial charge in [0.2, 0.25) is 5.69 Å². The van der Waals surface area contributed by atoms with E-state index in [0.29, 0.717) is 55.3 Å². The molecule has 0 bridgehead atoms. The van der Waals surface area contributed by atoms with Gasteiger partial charge in [-0.15, -0.1) is 4.65 Å². The second-order valence-corrected chi connectivity index (χ2v) is 8.71. The van der Waals surface area contributed by atoms with E-state index < -0.39 is 5.91 Å². The topological polar surface area (TPSA) is 119 Å². The van der Waals surface area contributed by atoms with Crippen molar-refractivity contribution >= 4 is 11.6 Å². The highest BCUT2D eigenvalue weighted by atomic mass is 16.5. The molecule has 2 aliphatic rings. The Morgan fingerprint density at radius 2 is 2.09 bits per heavy atom. The number of allylic oxidation sites excluding steroid dienone is 3. The van der Waals surface area contributed by atoms with Crippen molar-refractivity contribution in [2.24, 2.45) is 0 Å². The van der Waals surface area contributed by atoms with Crippen LogP contribution in [0.5, 0.6) is 0 Å². The quantitative estimate of drug-likeness (QED) is 0.183. The minimum absolute atomic E-state index is 0.0295. The molecule has 1 fully saturated rings. The average Bonchev–Trinajstić information content (AvgIpc) is 2.81. The van der Waals surface area contributed by atoms with Gasteiger partial charge in [-0.05, 0) is 19.1 Å². The predicted octanol–water partition coefficient (Wildman–Crippen LogP) is 2.33. The Hall–Kier alpha value is -3.61. The highest BCUT2D eigenvalue weighted by Crippen LogP contribution is 2.21. The number of likely N-dealkylation sites (tertiary alicyclic amines) is 1. The molecule has 0 spiro atoms. The molecule has 1 aromatic heterocycles. The van der Waals surface area contributed by atoms with Crippen molar-refractivity contribution in [3.8, 4) is 12.5 Å². The van der Waals surface area contributed by atoms with Gasteiger partial charge in [0, 0.05) is 59.5 Å². The number of amides is 1. The van der Waals surface area contributed by atoms with Gasteiger partial charge in [0.05, 0.1) is 18.0 Å². The maximum atomic E-state index is 13.0. The summed E-state index contributed by atoms with van der Waals surface area (Å²) in [7, 11) is 0. The molecule has 9 nitrogen and oxygen atoms in total. The fourth-order valence-electron chi connectivity index (χ4n) is 3.90. The third-order valence-corrected chi connectivity index (χ3v) is 5.93. The van der Waals surface area contributed by atoms with Crippen molar-refractivity contribution in [2.45, 2.75) is 45.6 Å². The van der Waals surface area contributed by atoms with E-state index >= 15 is 0 Å². The van der Waals surface area contributed by atoms with Crippen LogP contribution in [-0.4, -0.2) is 52.4 Å². The van der Waals surface area contributed by atoms with Crippen molar-refractivity contribution in [1.82, 2.24) is 10.6 Å². The zero-order valence-corrected chi connectivity index (χ0v) is 19.8. The SMILES string of the molecule is C#C[N@+]1(O)CC[C@H](N/C=C2/C=C(NC(=O)c3cccc(C(C)C)[n+]3O)C(OCC)=CC2=N)CC1. The highest BCUT2D eigenvalue weighted by molar-refractivity contribution is 6.10. The summed E-state index contributed by atoms with van der Waals surface area (Å²) in [4.78, 5) is 13.0. The molecule has 9 heteroatoms. The Morgan fingerprint density at radius 3 is 2.71 bits per heavy atom. The number of aromatic nitrogens is 1. The maximum absolute atomic E-state index is 13.0. The van der Waals surface area contributed by atoms with E-state index in [-0.39, 0.29) is 28.0 Å². The fourth-order valence-corrected chi connectivity index (χ4v) is 3.90. The Bertz CT molecular complexity index is 1090. The fraction of sp³-hybridized carbons (Fsp3) is 0.400. The van der Waals surface area contributed by atoms with Crippen LogP contribution in [0.4, 0.5) is 0 Å². The Kier molecular flexibility index (Phi) is 7.76. The minimum atomic E-state index is -0.499. The summed E-state index contributed by atoms with van der Waals surface area (Å²) in [5.41, 5.74) is 1.90. The molecule has 0 aromatic carbocycles. The summed E-state index contributed by atoms with van der Waals surface area (Å²) in [5.74, 6) is -0.0976. The van der Waals surface area contributed by atoms with E-state index in [4.69, 9.17) is 16.6 Å². The summed E-state index contributed by atoms with van der Waals surface area (Å²) in [6.45, 7) is 6.96. The molecule has 0 saturated carbocycles. The van der Waals surface area contributed by atoms with E-state index in [0.717, 1.165) is 4.73 Å². The summed E-state index contributed by atoms with van der Waals surface area (Å²) < 4.78 is 6.17. The molecule has 1 aromatic rings. The smallest absolute Gasteiger partial charge is 0.325 e. The number of hydrogen-bond donors (Lipinski definition) is 5. The van der Waals surface area contributed by atoms with Crippen molar-refractivity contribution in [2.75, 3.05) is 19.7 Å². The minimum Gasteiger partial charge on any atom is -0.492 e. The molecule has 0 radical (unpaired) electrons. The summed E-state index contributed by atoms with van der Waals surface area (Å²) >= 11 is 0. The van der Waals surface area contributed by atoms with Crippen LogP contribution in [0.1, 0.15) is 55.7 Å². The Labute approximate surface area is 200 Å². The number of hydroxylamine groups is 3. The van der Waals surface area contributed by atoms with Crippen molar-refractivity contribution in [3.05, 3.63) is 65.0 Å². The predicted molar refractivity (Wildman–Crippen MR) is 126 cm³/mol. The van der Waals surface area contributed by atoms with Gasteiger partial charge < -0.3 is 20.8 Å². The van der Waals surface area contributed by atoms with Crippen LogP contribution >= 0.6 is 0 Å². The number of nitrogens with zero attached hydrogens (tertiary/aromatic N) is 2. The number of rotatable bonds is 7. The number of nitrogens with one attached hydrogen (secondary N) is 3. The molecule has 1 amide bonds. The number of ether oxygens (including phenoxy) is 1. The standard InChI is InChI=1S/C25H31N5O4/c1-5-30(33)12-10-19(11-13-30)27-16-18-14-21(24(34-6-2)15-20(18)26)28-25(31)23-9-7-8-22(17(3)4)29(23)32/h1,7-9,14-17,19,26,32-33H,6,10-13H2,2-4H3/p+2/t19-,30-. The van der Waals surface area contributed by atoms with Crippen LogP contribution in [0, 0.1) is 17.9 Å². The second-order valence-electron chi connectivity index (χ2n) is 8.71. The summed E-state index contributed by atoms with van der Waals surface area (Å²) in [5, 5.41) is 35.1. The van der Waals surface area contributed by atoms with E-state index in [1.807, 2.05) is 20.8 Å². The van der Waals surface area contributed by atoms with Crippen LogP contribution in [-0.2, 0) is 4.74 Å². The molecular weight excluding hydrogens is 434 g/mol. The average molecular weight is 468 g/mol. The molecule has 0 unspecified atom stereocenters. The van der Waals surface area contributed by atoms with E-state index in [1.165, 1.54) is 6.07 Å². The first-order chi connectivity index (χ1) is 16.2. The zero-order chi connectivity index (χ0) is 24.9. The third-order valence-electron chi connectivity index (χ3n) is 5.93. The first-order valence-electron chi connectivity index (χ1n) is 11.4. The summed E-state index contributed by atoms with van der Waals surface area (Å²) in [6, 6.07) is 7.54. The van der Waals surface area contributed by atoms with E-state index in [2.05, 4.69) is 16.7 Å². The largest absolute Gasteiger partial charge is 0.492 e. The molecule has 0 atom stereocenters. The van der Waals surface area contributed by atoms with Crippen LogP contribution in [0.3, 0.4) is 0 Å². The number of piperidine rings is 1. The number of carbonyl (C=O) groups is 1. The van der Waals surface area contributed by atoms with Crippen molar-refractivity contribution in [1.29, 1.82) is 5.41 Å². The number of carbonyl (C=O) groups excluding carboxylic acids is 1. The molecule has 34 heavy (non-hydrogen) atoms. The lowest BCUT2D eigenvalue weighted by Gasteiger charge is -2.31. The van der Waals surface area contributed by atoms with Gasteiger partial charge >= 0.3 is 11.6 Å². The van der Waals surface area contributed by atoms with Crippen LogP contribution < -0.4 is 15.4 Å². The lowest BCUT2D eigenvalue weighted by molar-refractivity contribution is -1.05. The zero-order valence-electron chi connectivity index (χ0n) is 19.8. The number of terminal acetylenes is 1. The first kappa shape index (κ1) is 25.0. The molecular formula is C25H33N5O4+2. The van der Waals surface area contributed by atoms with Gasteiger partial charge in [0.1, 0.15) is 18.8 Å². The van der Waals surface area contributed by atoms with Crippen LogP contribution in [0.15, 0.2) is 53.6 Å². The second kappa shape index (κ2) is 10.5. The lowest BCUT2D eigenvalue weighted by Crippen LogP contribution is -2.50. The van der Waals surface area contributed by atoms with Gasteiger partial charge in [-0.1, -0.05) is 20.3 Å². The number of pyridine rings is 1. The monoisotopic (exact) mass is 467 g/mol. The van der Waals surface area contributed by atoms with Gasteiger partial charge in [-0.2, -0.15) is 0 Å².